The summed E-state index contributed by atoms with van der Waals surface area (Å²) in [5, 5.41) is 0. The molecule has 0 radical (unpaired) electrons. The Bertz CT molecular complexity index is 428. The monoisotopic (exact) mass is 244 g/mol. The Morgan fingerprint density at radius 3 is 2.38 bits per heavy atom. The number of methoxy groups -OCH3 is 1. The lowest BCUT2D eigenvalue weighted by Gasteiger charge is -2.12. The van der Waals surface area contributed by atoms with Gasteiger partial charge >= 0.3 is 0 Å². The van der Waals surface area contributed by atoms with E-state index in [2.05, 4.69) is 4.72 Å². The highest BCUT2D eigenvalue weighted by Crippen LogP contribution is 2.15. The van der Waals surface area contributed by atoms with Gasteiger partial charge in [0.05, 0.1) is 12.0 Å². The summed E-state index contributed by atoms with van der Waals surface area (Å²) in [5.74, 6) is 0.617. The van der Waals surface area contributed by atoms with Gasteiger partial charge in [-0.2, -0.15) is 0 Å². The number of ether oxygens (including phenoxy) is 1. The van der Waals surface area contributed by atoms with Gasteiger partial charge in [-0.3, -0.25) is 0 Å². The first-order valence-electron chi connectivity index (χ1n) is 4.86. The van der Waals surface area contributed by atoms with Crippen molar-refractivity contribution in [3.8, 4) is 5.75 Å². The van der Waals surface area contributed by atoms with Crippen LogP contribution in [-0.2, 0) is 10.0 Å². The first kappa shape index (κ1) is 13.0. The lowest BCUT2D eigenvalue weighted by Crippen LogP contribution is -2.37. The highest BCUT2D eigenvalue weighted by Gasteiger charge is 2.16. The van der Waals surface area contributed by atoms with Crippen molar-refractivity contribution >= 4 is 10.0 Å². The van der Waals surface area contributed by atoms with Gasteiger partial charge in [0.2, 0.25) is 10.0 Å². The van der Waals surface area contributed by atoms with Gasteiger partial charge in [0.1, 0.15) is 5.75 Å². The Hall–Kier alpha value is -1.11. The minimum atomic E-state index is -3.48. The average molecular weight is 244 g/mol. The molecule has 1 rings (SSSR count). The molecule has 1 aromatic rings. The molecule has 1 aromatic carbocycles. The van der Waals surface area contributed by atoms with Crippen LogP contribution in [0.4, 0.5) is 0 Å². The lowest BCUT2D eigenvalue weighted by atomic mass is 10.3. The van der Waals surface area contributed by atoms with Crippen LogP contribution in [0.15, 0.2) is 29.2 Å². The van der Waals surface area contributed by atoms with E-state index in [4.69, 9.17) is 10.5 Å². The van der Waals surface area contributed by atoms with E-state index in [-0.39, 0.29) is 17.5 Å². The Kier molecular flexibility index (Phi) is 4.28. The summed E-state index contributed by atoms with van der Waals surface area (Å²) in [6.45, 7) is 1.97. The molecule has 0 saturated heterocycles. The van der Waals surface area contributed by atoms with Gasteiger partial charge in [0, 0.05) is 12.6 Å². The second-order valence-corrected chi connectivity index (χ2v) is 5.15. The van der Waals surface area contributed by atoms with Gasteiger partial charge in [-0.1, -0.05) is 0 Å². The summed E-state index contributed by atoms with van der Waals surface area (Å²) >= 11 is 0. The van der Waals surface area contributed by atoms with Crippen LogP contribution < -0.4 is 15.2 Å². The molecular formula is C10H16N2O3S. The fourth-order valence-corrected chi connectivity index (χ4v) is 2.39. The molecule has 0 fully saturated rings. The van der Waals surface area contributed by atoms with Gasteiger partial charge < -0.3 is 10.5 Å². The van der Waals surface area contributed by atoms with E-state index in [1.807, 2.05) is 0 Å². The van der Waals surface area contributed by atoms with Crippen LogP contribution in [0.3, 0.4) is 0 Å². The molecule has 0 aliphatic heterocycles. The van der Waals surface area contributed by atoms with Crippen LogP contribution in [0.25, 0.3) is 0 Å². The predicted molar refractivity (Wildman–Crippen MR) is 61.8 cm³/mol. The number of rotatable bonds is 5. The van der Waals surface area contributed by atoms with Crippen molar-refractivity contribution in [3.63, 3.8) is 0 Å². The summed E-state index contributed by atoms with van der Waals surface area (Å²) < 4.78 is 31.0. The number of benzene rings is 1. The van der Waals surface area contributed by atoms with E-state index in [0.29, 0.717) is 5.75 Å². The van der Waals surface area contributed by atoms with Crippen molar-refractivity contribution in [2.45, 2.75) is 17.9 Å². The molecule has 0 aromatic heterocycles. The molecule has 6 heteroatoms. The van der Waals surface area contributed by atoms with Gasteiger partial charge in [0.15, 0.2) is 0 Å². The summed E-state index contributed by atoms with van der Waals surface area (Å²) in [4.78, 5) is 0.202. The van der Waals surface area contributed by atoms with Crippen LogP contribution >= 0.6 is 0 Å². The molecule has 0 amide bonds. The molecular weight excluding hydrogens is 228 g/mol. The second-order valence-electron chi connectivity index (χ2n) is 3.43. The topological polar surface area (TPSA) is 81.4 Å². The molecule has 0 spiro atoms. The zero-order valence-electron chi connectivity index (χ0n) is 9.30. The van der Waals surface area contributed by atoms with E-state index in [1.54, 1.807) is 19.1 Å². The fraction of sp³-hybridized carbons (Fsp3) is 0.400. The van der Waals surface area contributed by atoms with Gasteiger partial charge in [-0.25, -0.2) is 13.1 Å². The number of sulfonamides is 1. The first-order valence-corrected chi connectivity index (χ1v) is 6.34. The molecule has 90 valence electrons. The van der Waals surface area contributed by atoms with E-state index < -0.39 is 10.0 Å². The largest absolute Gasteiger partial charge is 0.497 e. The third-order valence-corrected chi connectivity index (χ3v) is 3.69. The van der Waals surface area contributed by atoms with Crippen LogP contribution in [0.1, 0.15) is 6.92 Å². The maximum absolute atomic E-state index is 11.8. The van der Waals surface area contributed by atoms with Gasteiger partial charge in [0.25, 0.3) is 0 Å². The van der Waals surface area contributed by atoms with Crippen molar-refractivity contribution in [2.24, 2.45) is 5.73 Å². The lowest BCUT2D eigenvalue weighted by molar-refractivity contribution is 0.414. The van der Waals surface area contributed by atoms with Crippen LogP contribution in [-0.4, -0.2) is 28.1 Å². The van der Waals surface area contributed by atoms with Crippen molar-refractivity contribution < 1.29 is 13.2 Å². The maximum Gasteiger partial charge on any atom is 0.240 e. The second kappa shape index (κ2) is 5.29. The zero-order chi connectivity index (χ0) is 12.2. The molecule has 0 saturated carbocycles. The fourth-order valence-electron chi connectivity index (χ4n) is 1.14. The van der Waals surface area contributed by atoms with E-state index in [0.717, 1.165) is 0 Å². The number of hydrogen-bond donors (Lipinski definition) is 2. The number of nitrogens with two attached hydrogens (primary N) is 1. The molecule has 0 aliphatic rings. The van der Waals surface area contributed by atoms with E-state index in [9.17, 15) is 8.42 Å². The molecule has 16 heavy (non-hydrogen) atoms. The smallest absolute Gasteiger partial charge is 0.240 e. The number of nitrogens with one attached hydrogen (secondary N) is 1. The zero-order valence-corrected chi connectivity index (χ0v) is 10.1. The molecule has 0 unspecified atom stereocenters. The Morgan fingerprint density at radius 1 is 1.38 bits per heavy atom. The van der Waals surface area contributed by atoms with Crippen molar-refractivity contribution in [1.29, 1.82) is 0 Å². The van der Waals surface area contributed by atoms with Gasteiger partial charge in [-0.15, -0.1) is 0 Å². The summed E-state index contributed by atoms with van der Waals surface area (Å²) in [5.41, 5.74) is 5.36. The van der Waals surface area contributed by atoms with Crippen LogP contribution in [0, 0.1) is 0 Å². The summed E-state index contributed by atoms with van der Waals surface area (Å²) in [6, 6.07) is 5.89. The Morgan fingerprint density at radius 2 is 1.94 bits per heavy atom. The van der Waals surface area contributed by atoms with Crippen LogP contribution in [0.5, 0.6) is 5.75 Å². The number of hydrogen-bond acceptors (Lipinski definition) is 4. The first-order chi connectivity index (χ1) is 7.49. The van der Waals surface area contributed by atoms with E-state index >= 15 is 0 Å². The average Bonchev–Trinajstić information content (AvgIpc) is 2.28. The highest BCUT2D eigenvalue weighted by molar-refractivity contribution is 7.89. The minimum absolute atomic E-state index is 0.202. The molecule has 1 atom stereocenters. The van der Waals surface area contributed by atoms with E-state index in [1.165, 1.54) is 19.2 Å². The summed E-state index contributed by atoms with van der Waals surface area (Å²) in [6.07, 6.45) is 0. The highest BCUT2D eigenvalue weighted by atomic mass is 32.2. The van der Waals surface area contributed by atoms with Crippen molar-refractivity contribution in [3.05, 3.63) is 24.3 Å². The minimum Gasteiger partial charge on any atom is -0.497 e. The predicted octanol–water partition coefficient (Wildman–Crippen LogP) is 0.321. The molecule has 0 aliphatic carbocycles. The maximum atomic E-state index is 11.8. The van der Waals surface area contributed by atoms with Crippen molar-refractivity contribution in [2.75, 3.05) is 13.7 Å². The standard InChI is InChI=1S/C10H16N2O3S/c1-8(7-11)12-16(13,14)10-5-3-9(15-2)4-6-10/h3-6,8,12H,7,11H2,1-2H3/t8-/m0/s1. The Labute approximate surface area is 95.7 Å². The molecule has 0 bridgehead atoms. The third kappa shape index (κ3) is 3.19. The molecule has 0 heterocycles. The normalized spacial score (nSPS) is 13.4. The molecule has 5 nitrogen and oxygen atoms in total. The molecule has 3 N–H and O–H groups in total. The Balaban J connectivity index is 2.90. The summed E-state index contributed by atoms with van der Waals surface area (Å²) in [7, 11) is -1.96. The quantitative estimate of drug-likeness (QED) is 0.781. The third-order valence-electron chi connectivity index (χ3n) is 2.08. The SMILES string of the molecule is COc1ccc(S(=O)(=O)N[C@@H](C)CN)cc1. The van der Waals surface area contributed by atoms with Crippen molar-refractivity contribution in [1.82, 2.24) is 4.72 Å². The van der Waals surface area contributed by atoms with Crippen LogP contribution in [0.2, 0.25) is 0 Å². The van der Waals surface area contributed by atoms with Gasteiger partial charge in [-0.05, 0) is 31.2 Å².